The summed E-state index contributed by atoms with van der Waals surface area (Å²) in [7, 11) is 0. The van der Waals surface area contributed by atoms with E-state index >= 15 is 0 Å². The number of rotatable bonds is 13. The summed E-state index contributed by atoms with van der Waals surface area (Å²) in [6, 6.07) is 7.78. The van der Waals surface area contributed by atoms with Gasteiger partial charge in [0.05, 0.1) is 38.7 Å². The minimum atomic E-state index is -0.0987. The Morgan fingerprint density at radius 3 is 2.28 bits per heavy atom. The van der Waals surface area contributed by atoms with Gasteiger partial charge in [0.15, 0.2) is 0 Å². The van der Waals surface area contributed by atoms with Gasteiger partial charge in [-0.25, -0.2) is 0 Å². The summed E-state index contributed by atoms with van der Waals surface area (Å²) in [4.78, 5) is 12.3. The van der Waals surface area contributed by atoms with Crippen molar-refractivity contribution in [3.63, 3.8) is 0 Å². The summed E-state index contributed by atoms with van der Waals surface area (Å²) >= 11 is 2.08. The molecule has 7 nitrogen and oxygen atoms in total. The topological polar surface area (TPSA) is 77.4 Å². The van der Waals surface area contributed by atoms with Crippen molar-refractivity contribution < 1.29 is 14.3 Å². The Kier molecular flexibility index (Phi) is 10.6. The third kappa shape index (κ3) is 8.04. The number of aromatic nitrogens is 2. The van der Waals surface area contributed by atoms with Gasteiger partial charge in [0.2, 0.25) is 0 Å². The highest BCUT2D eigenvalue weighted by Crippen LogP contribution is 2.20. The van der Waals surface area contributed by atoms with Crippen LogP contribution < -0.4 is 8.85 Å². The maximum atomic E-state index is 12.3. The zero-order chi connectivity index (χ0) is 21.1. The molecule has 1 aromatic carbocycles. The number of halogens is 1. The highest BCUT2D eigenvalue weighted by Gasteiger charge is 2.12. The fraction of sp³-hybridized carbons (Fsp3) is 0.524. The standard InChI is InChI=1S/C21H31IN4O3/c1-16(2)20-14-25-26(15-20)17(3)18-4-6-19(7-5-18)21(27)23-8-10-28-12-13-29-11-9-24-22/h4-7,14-17,24H,8-13H2,1-3H3,(H,23,27). The minimum Gasteiger partial charge on any atom is -0.378 e. The van der Waals surface area contributed by atoms with Crippen molar-refractivity contribution in [3.05, 3.63) is 53.3 Å². The molecule has 0 aliphatic rings. The number of benzene rings is 1. The predicted octanol–water partition coefficient (Wildman–Crippen LogP) is 3.32. The molecule has 2 rings (SSSR count). The van der Waals surface area contributed by atoms with Crippen molar-refractivity contribution >= 4 is 28.8 Å². The SMILES string of the molecule is CC(C)c1cnn(C(C)c2ccc(C(=O)NCCOCCOCCNI)cc2)c1. The molecule has 1 atom stereocenters. The van der Waals surface area contributed by atoms with Gasteiger partial charge in [-0.2, -0.15) is 5.10 Å². The Morgan fingerprint density at radius 2 is 1.69 bits per heavy atom. The van der Waals surface area contributed by atoms with E-state index in [1.807, 2.05) is 35.1 Å². The lowest BCUT2D eigenvalue weighted by molar-refractivity contribution is 0.0507. The largest absolute Gasteiger partial charge is 0.378 e. The first-order valence-electron chi connectivity index (χ1n) is 9.94. The van der Waals surface area contributed by atoms with Crippen molar-refractivity contribution in [3.8, 4) is 0 Å². The van der Waals surface area contributed by atoms with Gasteiger partial charge in [0, 0.05) is 47.7 Å². The molecule has 160 valence electrons. The highest BCUT2D eigenvalue weighted by atomic mass is 127. The number of ether oxygens (including phenoxy) is 2. The highest BCUT2D eigenvalue weighted by molar-refractivity contribution is 14.1. The molecule has 0 aliphatic heterocycles. The summed E-state index contributed by atoms with van der Waals surface area (Å²) in [5, 5.41) is 7.34. The van der Waals surface area contributed by atoms with E-state index in [-0.39, 0.29) is 11.9 Å². The molecule has 0 bridgehead atoms. The van der Waals surface area contributed by atoms with Crippen LogP contribution in [0, 0.1) is 0 Å². The first kappa shape index (κ1) is 23.8. The van der Waals surface area contributed by atoms with Crippen LogP contribution in [0.25, 0.3) is 0 Å². The zero-order valence-corrected chi connectivity index (χ0v) is 19.5. The molecule has 2 N–H and O–H groups in total. The molecule has 0 saturated carbocycles. The lowest BCUT2D eigenvalue weighted by Gasteiger charge is -2.13. The van der Waals surface area contributed by atoms with Crippen molar-refractivity contribution in [2.75, 3.05) is 39.5 Å². The zero-order valence-electron chi connectivity index (χ0n) is 17.4. The van der Waals surface area contributed by atoms with Crippen molar-refractivity contribution in [2.24, 2.45) is 0 Å². The fourth-order valence-corrected chi connectivity index (χ4v) is 2.92. The van der Waals surface area contributed by atoms with E-state index < -0.39 is 0 Å². The van der Waals surface area contributed by atoms with Crippen LogP contribution in [0.1, 0.15) is 54.2 Å². The van der Waals surface area contributed by atoms with E-state index in [1.54, 1.807) is 0 Å². The van der Waals surface area contributed by atoms with E-state index in [9.17, 15) is 4.79 Å². The monoisotopic (exact) mass is 514 g/mol. The second kappa shape index (κ2) is 12.9. The van der Waals surface area contributed by atoms with Crippen LogP contribution in [0.4, 0.5) is 0 Å². The van der Waals surface area contributed by atoms with Crippen LogP contribution in [-0.2, 0) is 9.47 Å². The molecule has 1 amide bonds. The number of hydrogen-bond donors (Lipinski definition) is 2. The van der Waals surface area contributed by atoms with Gasteiger partial charge in [-0.15, -0.1) is 0 Å². The summed E-state index contributed by atoms with van der Waals surface area (Å²) in [5.41, 5.74) is 2.97. The molecule has 0 fully saturated rings. The number of amides is 1. The van der Waals surface area contributed by atoms with E-state index in [1.165, 1.54) is 5.56 Å². The molecular formula is C21H31IN4O3. The van der Waals surface area contributed by atoms with E-state index in [2.05, 4.69) is 63.8 Å². The van der Waals surface area contributed by atoms with E-state index in [0.717, 1.165) is 12.1 Å². The molecular weight excluding hydrogens is 483 g/mol. The molecule has 1 heterocycles. The van der Waals surface area contributed by atoms with Crippen LogP contribution >= 0.6 is 22.9 Å². The van der Waals surface area contributed by atoms with Crippen molar-refractivity contribution in [1.29, 1.82) is 0 Å². The first-order valence-corrected chi connectivity index (χ1v) is 11.0. The van der Waals surface area contributed by atoms with Gasteiger partial charge in [-0.1, -0.05) is 26.0 Å². The van der Waals surface area contributed by atoms with Gasteiger partial charge in [0.1, 0.15) is 0 Å². The lowest BCUT2D eigenvalue weighted by atomic mass is 10.1. The van der Waals surface area contributed by atoms with Crippen LogP contribution in [0.5, 0.6) is 0 Å². The second-order valence-electron chi connectivity index (χ2n) is 7.07. The summed E-state index contributed by atoms with van der Waals surface area (Å²) in [6.45, 7) is 9.91. The third-order valence-electron chi connectivity index (χ3n) is 4.59. The number of hydrogen-bond acceptors (Lipinski definition) is 5. The number of nitrogens with one attached hydrogen (secondary N) is 2. The Bertz CT molecular complexity index is 734. The lowest BCUT2D eigenvalue weighted by Crippen LogP contribution is -2.27. The maximum absolute atomic E-state index is 12.3. The number of nitrogens with zero attached hydrogens (tertiary/aromatic N) is 2. The minimum absolute atomic E-state index is 0.0987. The van der Waals surface area contributed by atoms with Gasteiger partial charge >= 0.3 is 0 Å². The van der Waals surface area contributed by atoms with Crippen LogP contribution in [0.3, 0.4) is 0 Å². The quantitative estimate of drug-likeness (QED) is 0.244. The fourth-order valence-electron chi connectivity index (χ4n) is 2.70. The van der Waals surface area contributed by atoms with Crippen molar-refractivity contribution in [2.45, 2.75) is 32.7 Å². The maximum Gasteiger partial charge on any atom is 0.251 e. The molecule has 1 aromatic heterocycles. The molecule has 0 aliphatic carbocycles. The van der Waals surface area contributed by atoms with Crippen molar-refractivity contribution in [1.82, 2.24) is 18.6 Å². The van der Waals surface area contributed by atoms with E-state index in [4.69, 9.17) is 9.47 Å². The van der Waals surface area contributed by atoms with Crippen LogP contribution in [0.15, 0.2) is 36.7 Å². The Labute approximate surface area is 187 Å². The summed E-state index contributed by atoms with van der Waals surface area (Å²) < 4.78 is 15.8. The molecule has 8 heteroatoms. The van der Waals surface area contributed by atoms with E-state index in [0.29, 0.717) is 44.5 Å². The Balaban J connectivity index is 1.72. The molecule has 0 spiro atoms. The molecule has 29 heavy (non-hydrogen) atoms. The average Bonchev–Trinajstić information content (AvgIpc) is 3.22. The summed E-state index contributed by atoms with van der Waals surface area (Å²) in [5.74, 6) is 0.356. The Hall–Kier alpha value is -1.49. The molecule has 2 aromatic rings. The van der Waals surface area contributed by atoms with Gasteiger partial charge in [-0.3, -0.25) is 13.0 Å². The van der Waals surface area contributed by atoms with Gasteiger partial charge in [0.25, 0.3) is 5.91 Å². The molecule has 0 saturated heterocycles. The second-order valence-corrected chi connectivity index (χ2v) is 7.83. The Morgan fingerprint density at radius 1 is 1.03 bits per heavy atom. The smallest absolute Gasteiger partial charge is 0.251 e. The van der Waals surface area contributed by atoms with Gasteiger partial charge in [-0.05, 0) is 36.1 Å². The molecule has 1 unspecified atom stereocenters. The number of carbonyl (C=O) groups excluding carboxylic acids is 1. The van der Waals surface area contributed by atoms with Crippen LogP contribution in [0.2, 0.25) is 0 Å². The third-order valence-corrected chi connectivity index (χ3v) is 5.12. The normalized spacial score (nSPS) is 12.3. The number of carbonyl (C=O) groups is 1. The summed E-state index contributed by atoms with van der Waals surface area (Å²) in [6.07, 6.45) is 4.00. The molecule has 0 radical (unpaired) electrons. The van der Waals surface area contributed by atoms with Gasteiger partial charge < -0.3 is 14.8 Å². The van der Waals surface area contributed by atoms with Crippen LogP contribution in [-0.4, -0.2) is 55.2 Å². The predicted molar refractivity (Wildman–Crippen MR) is 123 cm³/mol. The average molecular weight is 514 g/mol. The first-order chi connectivity index (χ1) is 14.0.